The highest BCUT2D eigenvalue weighted by molar-refractivity contribution is 8.00. The Hall–Kier alpha value is -2.39. The van der Waals surface area contributed by atoms with E-state index in [1.165, 1.54) is 28.7 Å². The van der Waals surface area contributed by atoms with Crippen LogP contribution in [0.3, 0.4) is 0 Å². The highest BCUT2D eigenvalue weighted by Crippen LogP contribution is 2.28. The molecule has 0 aliphatic rings. The molecule has 2 aromatic heterocycles. The van der Waals surface area contributed by atoms with E-state index in [2.05, 4.69) is 47.3 Å². The van der Waals surface area contributed by atoms with Crippen molar-refractivity contribution in [3.05, 3.63) is 45.7 Å². The lowest BCUT2D eigenvalue weighted by atomic mass is 10.1. The van der Waals surface area contributed by atoms with E-state index in [-0.39, 0.29) is 17.2 Å². The van der Waals surface area contributed by atoms with Crippen LogP contribution >= 0.6 is 23.1 Å². The van der Waals surface area contributed by atoms with Gasteiger partial charge in [-0.05, 0) is 60.1 Å². The molecule has 1 atom stereocenters. The number of amides is 1. The Bertz CT molecular complexity index is 1050. The summed E-state index contributed by atoms with van der Waals surface area (Å²) in [6, 6.07) is 6.23. The Morgan fingerprint density at radius 2 is 1.94 bits per heavy atom. The molecule has 0 bridgehead atoms. The Morgan fingerprint density at radius 3 is 2.55 bits per heavy atom. The molecule has 0 fully saturated rings. The number of rotatable bonds is 8. The Kier molecular flexibility index (Phi) is 7.38. The molecule has 9 heteroatoms. The molecule has 1 aromatic carbocycles. The summed E-state index contributed by atoms with van der Waals surface area (Å²) in [7, 11) is 0. The van der Waals surface area contributed by atoms with Crippen LogP contribution in [0.1, 0.15) is 54.3 Å². The van der Waals surface area contributed by atoms with Gasteiger partial charge in [-0.2, -0.15) is 0 Å². The lowest BCUT2D eigenvalue weighted by Crippen LogP contribution is -2.23. The van der Waals surface area contributed by atoms with Gasteiger partial charge >= 0.3 is 0 Å². The molecule has 3 rings (SSSR count). The minimum Gasteiger partial charge on any atom is -0.485 e. The van der Waals surface area contributed by atoms with E-state index < -0.39 is 0 Å². The van der Waals surface area contributed by atoms with Crippen molar-refractivity contribution in [3.8, 4) is 5.75 Å². The molecular formula is C22H29N5O2S2. The summed E-state index contributed by atoms with van der Waals surface area (Å²) in [5.41, 5.74) is 3.22. The number of hydrogen-bond acceptors (Lipinski definition) is 7. The number of carbonyl (C=O) groups excluding carboxylic acids is 1. The van der Waals surface area contributed by atoms with Gasteiger partial charge < -0.3 is 14.6 Å². The molecule has 0 unspecified atom stereocenters. The normalized spacial score (nSPS) is 12.3. The first kappa shape index (κ1) is 23.3. The van der Waals surface area contributed by atoms with Gasteiger partial charge in [0, 0.05) is 10.9 Å². The number of carbonyl (C=O) groups is 1. The fourth-order valence-electron chi connectivity index (χ4n) is 3.05. The van der Waals surface area contributed by atoms with E-state index in [0.717, 1.165) is 27.7 Å². The minimum absolute atomic E-state index is 0.106. The summed E-state index contributed by atoms with van der Waals surface area (Å²) in [6.45, 7) is 14.3. The number of hydrogen-bond donors (Lipinski definition) is 1. The largest absolute Gasteiger partial charge is 0.485 e. The smallest absolute Gasteiger partial charge is 0.239 e. The van der Waals surface area contributed by atoms with Gasteiger partial charge in [-0.25, -0.2) is 4.98 Å². The summed E-state index contributed by atoms with van der Waals surface area (Å²) in [6.07, 6.45) is 0. The van der Waals surface area contributed by atoms with Crippen LogP contribution in [0.4, 0.5) is 5.13 Å². The van der Waals surface area contributed by atoms with Crippen LogP contribution in [0.2, 0.25) is 0 Å². The van der Waals surface area contributed by atoms with Crippen LogP contribution in [-0.2, 0) is 11.4 Å². The van der Waals surface area contributed by atoms with Gasteiger partial charge in [0.1, 0.15) is 12.4 Å². The third-order valence-corrected chi connectivity index (χ3v) is 6.89. The maximum absolute atomic E-state index is 12.7. The lowest BCUT2D eigenvalue weighted by Gasteiger charge is -2.16. The summed E-state index contributed by atoms with van der Waals surface area (Å²) < 4.78 is 8.03. The van der Waals surface area contributed by atoms with E-state index in [1.54, 1.807) is 0 Å². The Balaban J connectivity index is 1.69. The highest BCUT2D eigenvalue weighted by Gasteiger charge is 2.22. The van der Waals surface area contributed by atoms with E-state index >= 15 is 0 Å². The fraction of sp³-hybridized carbons (Fsp3) is 0.455. The Morgan fingerprint density at radius 1 is 1.19 bits per heavy atom. The number of nitrogens with zero attached hydrogens (tertiary/aromatic N) is 4. The molecule has 3 aromatic rings. The van der Waals surface area contributed by atoms with Gasteiger partial charge in [-0.3, -0.25) is 4.79 Å². The predicted molar refractivity (Wildman–Crippen MR) is 126 cm³/mol. The Labute approximate surface area is 191 Å². The number of aromatic nitrogens is 4. The van der Waals surface area contributed by atoms with Crippen molar-refractivity contribution in [2.24, 2.45) is 0 Å². The van der Waals surface area contributed by atoms with Crippen molar-refractivity contribution < 1.29 is 9.53 Å². The number of benzene rings is 1. The number of thioether (sulfide) groups is 1. The molecule has 0 saturated carbocycles. The molecule has 0 radical (unpaired) electrons. The summed E-state index contributed by atoms with van der Waals surface area (Å²) in [5, 5.41) is 12.5. The van der Waals surface area contributed by atoms with Crippen LogP contribution in [-0.4, -0.2) is 30.9 Å². The number of anilines is 1. The second kappa shape index (κ2) is 9.82. The molecule has 1 amide bonds. The molecule has 1 N–H and O–H groups in total. The van der Waals surface area contributed by atoms with Crippen molar-refractivity contribution in [2.45, 2.75) is 71.5 Å². The number of nitrogens with one attached hydrogen (secondary N) is 1. The van der Waals surface area contributed by atoms with Crippen LogP contribution in [0, 0.1) is 27.7 Å². The first-order valence-electron chi connectivity index (χ1n) is 10.2. The summed E-state index contributed by atoms with van der Waals surface area (Å²) in [5.74, 6) is 1.46. The second-order valence-electron chi connectivity index (χ2n) is 7.83. The van der Waals surface area contributed by atoms with Gasteiger partial charge in [0.05, 0.1) is 10.9 Å². The fourth-order valence-corrected chi connectivity index (χ4v) is 4.87. The highest BCUT2D eigenvalue weighted by atomic mass is 32.2. The van der Waals surface area contributed by atoms with Crippen molar-refractivity contribution in [1.29, 1.82) is 0 Å². The third-order valence-electron chi connectivity index (χ3n) is 4.85. The van der Waals surface area contributed by atoms with Gasteiger partial charge in [0.15, 0.2) is 16.1 Å². The molecule has 0 spiro atoms. The number of aryl methyl sites for hydroxylation is 4. The molecule has 7 nitrogen and oxygen atoms in total. The first-order chi connectivity index (χ1) is 14.7. The molecule has 0 saturated heterocycles. The van der Waals surface area contributed by atoms with Crippen molar-refractivity contribution >= 4 is 34.1 Å². The number of ether oxygens (including phenoxy) is 1. The van der Waals surface area contributed by atoms with E-state index in [0.29, 0.717) is 16.9 Å². The van der Waals surface area contributed by atoms with E-state index in [1.807, 2.05) is 44.4 Å². The minimum atomic E-state index is -0.348. The topological polar surface area (TPSA) is 81.9 Å². The molecule has 0 aliphatic heterocycles. The third kappa shape index (κ3) is 5.65. The average Bonchev–Trinajstić information content (AvgIpc) is 3.23. The van der Waals surface area contributed by atoms with Crippen LogP contribution in [0.5, 0.6) is 5.75 Å². The van der Waals surface area contributed by atoms with Crippen molar-refractivity contribution in [2.75, 3.05) is 5.32 Å². The zero-order valence-electron chi connectivity index (χ0n) is 19.0. The summed E-state index contributed by atoms with van der Waals surface area (Å²) in [4.78, 5) is 18.1. The van der Waals surface area contributed by atoms with E-state index in [9.17, 15) is 4.79 Å². The zero-order valence-corrected chi connectivity index (χ0v) is 20.6. The zero-order chi connectivity index (χ0) is 22.7. The van der Waals surface area contributed by atoms with E-state index in [4.69, 9.17) is 4.74 Å². The molecule has 31 heavy (non-hydrogen) atoms. The standard InChI is InChI=1S/C22H29N5O2S2/c1-12(2)27-19(11-29-18-9-8-13(3)10-14(18)4)25-26-22(27)31-17(7)20(28)24-21-23-15(5)16(6)30-21/h8-10,12,17H,11H2,1-7H3,(H,23,24,28)/t17-/m1/s1. The lowest BCUT2D eigenvalue weighted by molar-refractivity contribution is -0.115. The average molecular weight is 460 g/mol. The first-order valence-corrected chi connectivity index (χ1v) is 11.9. The second-order valence-corrected chi connectivity index (χ2v) is 10.3. The predicted octanol–water partition coefficient (Wildman–Crippen LogP) is 5.25. The molecule has 166 valence electrons. The van der Waals surface area contributed by atoms with Crippen LogP contribution in [0.15, 0.2) is 23.4 Å². The maximum atomic E-state index is 12.7. The maximum Gasteiger partial charge on any atom is 0.239 e. The van der Waals surface area contributed by atoms with Gasteiger partial charge in [-0.1, -0.05) is 29.5 Å². The van der Waals surface area contributed by atoms with Gasteiger partial charge in [0.2, 0.25) is 5.91 Å². The molecule has 2 heterocycles. The van der Waals surface area contributed by atoms with Crippen LogP contribution < -0.4 is 10.1 Å². The van der Waals surface area contributed by atoms with Gasteiger partial charge in [-0.15, -0.1) is 21.5 Å². The monoisotopic (exact) mass is 459 g/mol. The van der Waals surface area contributed by atoms with Gasteiger partial charge in [0.25, 0.3) is 0 Å². The molecule has 0 aliphatic carbocycles. The quantitative estimate of drug-likeness (QED) is 0.464. The van der Waals surface area contributed by atoms with Crippen molar-refractivity contribution in [1.82, 2.24) is 19.7 Å². The van der Waals surface area contributed by atoms with Crippen molar-refractivity contribution in [3.63, 3.8) is 0 Å². The SMILES string of the molecule is Cc1ccc(OCc2nnc(S[C@H](C)C(=O)Nc3nc(C)c(C)s3)n2C(C)C)c(C)c1. The summed E-state index contributed by atoms with van der Waals surface area (Å²) >= 11 is 2.87. The molecular weight excluding hydrogens is 430 g/mol. The van der Waals surface area contributed by atoms with Crippen LogP contribution in [0.25, 0.3) is 0 Å². The number of thiazole rings is 1.